The number of fused-ring (bicyclic) bond motifs is 1. The Bertz CT molecular complexity index is 999. The molecule has 5 heteroatoms. The van der Waals surface area contributed by atoms with Gasteiger partial charge < -0.3 is 10.1 Å². The van der Waals surface area contributed by atoms with Crippen molar-refractivity contribution in [3.05, 3.63) is 54.1 Å². The van der Waals surface area contributed by atoms with E-state index < -0.39 is 0 Å². The Morgan fingerprint density at radius 3 is 2.65 bits per heavy atom. The second kappa shape index (κ2) is 4.98. The number of rotatable bonds is 2. The van der Waals surface area contributed by atoms with Crippen molar-refractivity contribution in [2.75, 3.05) is 0 Å². The molecule has 2 aromatic heterocycles. The first-order valence-electron chi connectivity index (χ1n) is 7.41. The number of aromatic hydroxyl groups is 1. The zero-order chi connectivity index (χ0) is 16.0. The minimum atomic E-state index is 0.134. The zero-order valence-electron chi connectivity index (χ0n) is 12.9. The van der Waals surface area contributed by atoms with Crippen LogP contribution in [0.1, 0.15) is 5.56 Å². The average molecular weight is 304 g/mol. The maximum atomic E-state index is 10.7. The largest absolute Gasteiger partial charge is 0.504 e. The first-order chi connectivity index (χ1) is 11.1. The van der Waals surface area contributed by atoms with Crippen LogP contribution in [-0.2, 0) is 7.05 Å². The van der Waals surface area contributed by atoms with Crippen molar-refractivity contribution in [3.8, 4) is 28.5 Å². The van der Waals surface area contributed by atoms with E-state index in [1.807, 2.05) is 55.5 Å². The molecule has 0 amide bonds. The fourth-order valence-electron chi connectivity index (χ4n) is 2.80. The molecule has 0 saturated heterocycles. The fraction of sp³-hybridized carbons (Fsp3) is 0.111. The normalized spacial score (nSPS) is 11.2. The number of aromatic nitrogens is 4. The Morgan fingerprint density at radius 1 is 1.09 bits per heavy atom. The van der Waals surface area contributed by atoms with Gasteiger partial charge in [0.1, 0.15) is 11.4 Å². The lowest BCUT2D eigenvalue weighted by Gasteiger charge is -1.98. The molecule has 2 heterocycles. The van der Waals surface area contributed by atoms with Gasteiger partial charge in [-0.1, -0.05) is 36.4 Å². The minimum absolute atomic E-state index is 0.134. The first-order valence-corrected chi connectivity index (χ1v) is 7.41. The first kappa shape index (κ1) is 13.6. The lowest BCUT2D eigenvalue weighted by atomic mass is 10.1. The Kier molecular flexibility index (Phi) is 2.94. The molecule has 2 aromatic carbocycles. The highest BCUT2D eigenvalue weighted by Gasteiger charge is 2.20. The number of aryl methyl sites for hydroxylation is 2. The van der Waals surface area contributed by atoms with Gasteiger partial charge in [0, 0.05) is 12.6 Å². The maximum Gasteiger partial charge on any atom is 0.173 e. The van der Waals surface area contributed by atoms with Crippen molar-refractivity contribution in [3.63, 3.8) is 0 Å². The molecule has 0 radical (unpaired) electrons. The Labute approximate surface area is 133 Å². The van der Waals surface area contributed by atoms with Gasteiger partial charge in [-0.3, -0.25) is 4.68 Å². The van der Waals surface area contributed by atoms with Gasteiger partial charge in [-0.25, -0.2) is 4.98 Å². The summed E-state index contributed by atoms with van der Waals surface area (Å²) in [4.78, 5) is 7.84. The summed E-state index contributed by atoms with van der Waals surface area (Å²) in [7, 11) is 1.81. The molecule has 0 aliphatic carbocycles. The molecule has 0 unspecified atom stereocenters. The van der Waals surface area contributed by atoms with Crippen LogP contribution in [-0.4, -0.2) is 24.9 Å². The molecule has 2 N–H and O–H groups in total. The maximum absolute atomic E-state index is 10.7. The lowest BCUT2D eigenvalue weighted by molar-refractivity contribution is 0.478. The van der Waals surface area contributed by atoms with Gasteiger partial charge in [0.25, 0.3) is 0 Å². The van der Waals surface area contributed by atoms with Crippen molar-refractivity contribution in [1.29, 1.82) is 0 Å². The van der Waals surface area contributed by atoms with Crippen LogP contribution in [0, 0.1) is 6.92 Å². The average Bonchev–Trinajstić information content (AvgIpc) is 3.08. The molecule has 0 bridgehead atoms. The quantitative estimate of drug-likeness (QED) is 0.594. The number of imidazole rings is 1. The summed E-state index contributed by atoms with van der Waals surface area (Å²) >= 11 is 0. The van der Waals surface area contributed by atoms with Gasteiger partial charge in [-0.05, 0) is 24.6 Å². The monoisotopic (exact) mass is 304 g/mol. The number of nitrogens with zero attached hydrogens (tertiary/aromatic N) is 3. The van der Waals surface area contributed by atoms with Gasteiger partial charge in [0.2, 0.25) is 0 Å². The number of benzene rings is 2. The Morgan fingerprint density at radius 2 is 1.87 bits per heavy atom. The van der Waals surface area contributed by atoms with Crippen LogP contribution in [0.4, 0.5) is 0 Å². The van der Waals surface area contributed by atoms with Crippen molar-refractivity contribution in [2.45, 2.75) is 6.92 Å². The van der Waals surface area contributed by atoms with Crippen LogP contribution in [0.15, 0.2) is 48.5 Å². The number of hydrogen-bond donors (Lipinski definition) is 2. The molecular weight excluding hydrogens is 288 g/mol. The molecule has 114 valence electrons. The predicted molar refractivity (Wildman–Crippen MR) is 90.1 cm³/mol. The molecule has 5 nitrogen and oxygen atoms in total. The van der Waals surface area contributed by atoms with Crippen LogP contribution < -0.4 is 0 Å². The molecule has 0 fully saturated rings. The molecule has 0 aliphatic rings. The van der Waals surface area contributed by atoms with Crippen molar-refractivity contribution >= 4 is 11.0 Å². The van der Waals surface area contributed by atoms with Gasteiger partial charge in [-0.15, -0.1) is 0 Å². The zero-order valence-corrected chi connectivity index (χ0v) is 12.9. The van der Waals surface area contributed by atoms with Crippen LogP contribution in [0.2, 0.25) is 0 Å². The number of H-pyrrole nitrogens is 1. The summed E-state index contributed by atoms with van der Waals surface area (Å²) in [5.41, 5.74) is 4.98. The second-order valence-electron chi connectivity index (χ2n) is 5.64. The number of nitrogens with one attached hydrogen (secondary N) is 1. The van der Waals surface area contributed by atoms with Crippen molar-refractivity contribution in [2.24, 2.45) is 7.05 Å². The molecule has 0 atom stereocenters. The standard InChI is InChI=1S/C18H16N4O/c1-11-8-9-13-14(10-11)20-18(19-13)16-17(23)15(21-22(16)2)12-6-4-3-5-7-12/h3-10,23H,1-2H3,(H,19,20). The third kappa shape index (κ3) is 2.17. The lowest BCUT2D eigenvalue weighted by Crippen LogP contribution is -1.95. The smallest absolute Gasteiger partial charge is 0.173 e. The third-order valence-electron chi connectivity index (χ3n) is 3.93. The van der Waals surface area contributed by atoms with Gasteiger partial charge in [-0.2, -0.15) is 5.10 Å². The fourth-order valence-corrected chi connectivity index (χ4v) is 2.80. The van der Waals surface area contributed by atoms with E-state index >= 15 is 0 Å². The van der Waals surface area contributed by atoms with E-state index in [-0.39, 0.29) is 5.75 Å². The van der Waals surface area contributed by atoms with E-state index in [9.17, 15) is 5.11 Å². The van der Waals surface area contributed by atoms with E-state index in [0.29, 0.717) is 17.2 Å². The summed E-state index contributed by atoms with van der Waals surface area (Å²) in [5.74, 6) is 0.745. The Balaban J connectivity index is 1.90. The van der Waals surface area contributed by atoms with Crippen molar-refractivity contribution < 1.29 is 5.11 Å². The van der Waals surface area contributed by atoms with E-state index in [2.05, 4.69) is 15.1 Å². The van der Waals surface area contributed by atoms with E-state index in [1.54, 1.807) is 11.7 Å². The van der Waals surface area contributed by atoms with Gasteiger partial charge in [0.15, 0.2) is 11.6 Å². The minimum Gasteiger partial charge on any atom is -0.504 e. The summed E-state index contributed by atoms with van der Waals surface area (Å²) in [6, 6.07) is 15.7. The summed E-state index contributed by atoms with van der Waals surface area (Å²) in [6.07, 6.45) is 0. The van der Waals surface area contributed by atoms with E-state index in [4.69, 9.17) is 0 Å². The molecule has 4 rings (SSSR count). The highest BCUT2D eigenvalue weighted by atomic mass is 16.3. The number of hydrogen-bond acceptors (Lipinski definition) is 3. The van der Waals surface area contributed by atoms with E-state index in [0.717, 1.165) is 22.2 Å². The topological polar surface area (TPSA) is 66.7 Å². The molecule has 4 aromatic rings. The number of aromatic amines is 1. The molecule has 0 spiro atoms. The van der Waals surface area contributed by atoms with Crippen LogP contribution in [0.3, 0.4) is 0 Å². The molecule has 0 saturated carbocycles. The second-order valence-corrected chi connectivity index (χ2v) is 5.64. The van der Waals surface area contributed by atoms with Gasteiger partial charge in [0.05, 0.1) is 11.0 Å². The highest BCUT2D eigenvalue weighted by molar-refractivity contribution is 5.82. The third-order valence-corrected chi connectivity index (χ3v) is 3.93. The van der Waals surface area contributed by atoms with Gasteiger partial charge >= 0.3 is 0 Å². The van der Waals surface area contributed by atoms with E-state index in [1.165, 1.54) is 0 Å². The molecular formula is C18H16N4O. The van der Waals surface area contributed by atoms with Crippen LogP contribution in [0.5, 0.6) is 5.75 Å². The van der Waals surface area contributed by atoms with Crippen molar-refractivity contribution in [1.82, 2.24) is 19.7 Å². The van der Waals surface area contributed by atoms with Crippen LogP contribution >= 0.6 is 0 Å². The molecule has 0 aliphatic heterocycles. The summed E-state index contributed by atoms with van der Waals surface area (Å²) in [6.45, 7) is 2.04. The highest BCUT2D eigenvalue weighted by Crippen LogP contribution is 2.36. The Hall–Kier alpha value is -3.08. The predicted octanol–water partition coefficient (Wildman–Crippen LogP) is 3.64. The summed E-state index contributed by atoms with van der Waals surface area (Å²) < 4.78 is 1.65. The molecule has 23 heavy (non-hydrogen) atoms. The SMILES string of the molecule is Cc1ccc2nc(-c3c(O)c(-c4ccccc4)nn3C)[nH]c2c1. The summed E-state index contributed by atoms with van der Waals surface area (Å²) in [5, 5.41) is 15.1. The van der Waals surface area contributed by atoms with Crippen LogP contribution in [0.25, 0.3) is 33.8 Å².